The number of ether oxygens (including phenoxy) is 2. The van der Waals surface area contributed by atoms with Crippen molar-refractivity contribution in [2.75, 3.05) is 20.2 Å². The maximum atomic E-state index is 6.03. The van der Waals surface area contributed by atoms with E-state index in [1.165, 1.54) is 44.3 Å². The second kappa shape index (κ2) is 9.84. The first-order chi connectivity index (χ1) is 12.7. The SMILES string of the molecule is COc1cc(CCCC2CCNCC2)ccc1OCc1cccc(Cl)c1. The summed E-state index contributed by atoms with van der Waals surface area (Å²) in [6.07, 6.45) is 6.28. The maximum Gasteiger partial charge on any atom is 0.161 e. The number of rotatable bonds is 8. The first-order valence-corrected chi connectivity index (χ1v) is 9.87. The molecule has 0 aromatic heterocycles. The van der Waals surface area contributed by atoms with Gasteiger partial charge in [0.15, 0.2) is 11.5 Å². The zero-order valence-corrected chi connectivity index (χ0v) is 16.2. The van der Waals surface area contributed by atoms with Gasteiger partial charge in [-0.05, 0) is 80.1 Å². The number of nitrogens with one attached hydrogen (secondary N) is 1. The van der Waals surface area contributed by atoms with Crippen molar-refractivity contribution >= 4 is 11.6 Å². The number of hydrogen-bond acceptors (Lipinski definition) is 3. The molecule has 0 amide bonds. The van der Waals surface area contributed by atoms with Gasteiger partial charge in [0, 0.05) is 5.02 Å². The fourth-order valence-electron chi connectivity index (χ4n) is 3.54. The summed E-state index contributed by atoms with van der Waals surface area (Å²) in [5.41, 5.74) is 2.36. The topological polar surface area (TPSA) is 30.5 Å². The van der Waals surface area contributed by atoms with E-state index < -0.39 is 0 Å². The Morgan fingerprint density at radius 1 is 1.04 bits per heavy atom. The van der Waals surface area contributed by atoms with Crippen LogP contribution in [0.4, 0.5) is 0 Å². The molecule has 0 aliphatic carbocycles. The summed E-state index contributed by atoms with van der Waals surface area (Å²) in [7, 11) is 1.69. The molecule has 0 atom stereocenters. The van der Waals surface area contributed by atoms with E-state index in [1.54, 1.807) is 7.11 Å². The van der Waals surface area contributed by atoms with Crippen molar-refractivity contribution in [2.45, 2.75) is 38.7 Å². The van der Waals surface area contributed by atoms with Gasteiger partial charge in [-0.15, -0.1) is 0 Å². The van der Waals surface area contributed by atoms with Gasteiger partial charge in [0.2, 0.25) is 0 Å². The molecule has 3 rings (SSSR count). The average molecular weight is 374 g/mol. The zero-order chi connectivity index (χ0) is 18.2. The molecule has 140 valence electrons. The molecule has 1 saturated heterocycles. The summed E-state index contributed by atoms with van der Waals surface area (Å²) >= 11 is 6.03. The summed E-state index contributed by atoms with van der Waals surface area (Å²) in [6, 6.07) is 14.0. The molecular weight excluding hydrogens is 346 g/mol. The Kier molecular flexibility index (Phi) is 7.22. The lowest BCUT2D eigenvalue weighted by atomic mass is 9.91. The quantitative estimate of drug-likeness (QED) is 0.685. The van der Waals surface area contributed by atoms with E-state index in [0.29, 0.717) is 6.61 Å². The van der Waals surface area contributed by atoms with E-state index in [9.17, 15) is 0 Å². The van der Waals surface area contributed by atoms with Crippen LogP contribution in [-0.4, -0.2) is 20.2 Å². The summed E-state index contributed by atoms with van der Waals surface area (Å²) in [6.45, 7) is 2.83. The number of hydrogen-bond donors (Lipinski definition) is 1. The van der Waals surface area contributed by atoms with Crippen LogP contribution in [0.25, 0.3) is 0 Å². The maximum absolute atomic E-state index is 6.03. The lowest BCUT2D eigenvalue weighted by molar-refractivity contribution is 0.284. The number of halogens is 1. The molecule has 1 N–H and O–H groups in total. The van der Waals surface area contributed by atoms with E-state index in [0.717, 1.165) is 34.4 Å². The van der Waals surface area contributed by atoms with Crippen molar-refractivity contribution in [2.24, 2.45) is 5.92 Å². The van der Waals surface area contributed by atoms with E-state index in [2.05, 4.69) is 17.4 Å². The summed E-state index contributed by atoms with van der Waals surface area (Å²) in [4.78, 5) is 0. The minimum atomic E-state index is 0.478. The molecule has 0 bridgehead atoms. The molecule has 26 heavy (non-hydrogen) atoms. The standard InChI is InChI=1S/C22H28ClNO2/c1-25-22-15-18(5-2-4-17-10-12-24-13-11-17)8-9-21(22)26-16-19-6-3-7-20(23)14-19/h3,6-9,14-15,17,24H,2,4-5,10-13,16H2,1H3. The van der Waals surface area contributed by atoms with Crippen LogP contribution in [0.1, 0.15) is 36.8 Å². The van der Waals surface area contributed by atoms with Gasteiger partial charge >= 0.3 is 0 Å². The summed E-state index contributed by atoms with van der Waals surface area (Å²) in [5, 5.41) is 4.16. The van der Waals surface area contributed by atoms with Gasteiger partial charge in [0.25, 0.3) is 0 Å². The Morgan fingerprint density at radius 2 is 1.88 bits per heavy atom. The molecule has 4 heteroatoms. The van der Waals surface area contributed by atoms with E-state index in [1.807, 2.05) is 30.3 Å². The monoisotopic (exact) mass is 373 g/mol. The third-order valence-corrected chi connectivity index (χ3v) is 5.28. The van der Waals surface area contributed by atoms with Crippen LogP contribution in [0.2, 0.25) is 5.02 Å². The van der Waals surface area contributed by atoms with Crippen LogP contribution < -0.4 is 14.8 Å². The summed E-state index contributed by atoms with van der Waals surface area (Å²) in [5.74, 6) is 2.46. The van der Waals surface area contributed by atoms with Gasteiger partial charge in [-0.2, -0.15) is 0 Å². The molecule has 2 aromatic rings. The highest BCUT2D eigenvalue weighted by Crippen LogP contribution is 2.30. The van der Waals surface area contributed by atoms with E-state index in [4.69, 9.17) is 21.1 Å². The molecule has 1 fully saturated rings. The van der Waals surface area contributed by atoms with E-state index >= 15 is 0 Å². The van der Waals surface area contributed by atoms with Gasteiger partial charge in [-0.25, -0.2) is 0 Å². The fourth-order valence-corrected chi connectivity index (χ4v) is 3.75. The molecule has 0 unspecified atom stereocenters. The number of aryl methyl sites for hydroxylation is 1. The Balaban J connectivity index is 1.53. The fraction of sp³-hybridized carbons (Fsp3) is 0.455. The number of methoxy groups -OCH3 is 1. The van der Waals surface area contributed by atoms with Crippen LogP contribution >= 0.6 is 11.6 Å². The summed E-state index contributed by atoms with van der Waals surface area (Å²) < 4.78 is 11.5. The van der Waals surface area contributed by atoms with Crippen LogP contribution in [0.3, 0.4) is 0 Å². The molecule has 2 aromatic carbocycles. The smallest absolute Gasteiger partial charge is 0.161 e. The number of benzene rings is 2. The van der Waals surface area contributed by atoms with Crippen molar-refractivity contribution in [3.05, 3.63) is 58.6 Å². The van der Waals surface area contributed by atoms with Crippen molar-refractivity contribution in [3.63, 3.8) is 0 Å². The average Bonchev–Trinajstić information content (AvgIpc) is 2.67. The lowest BCUT2D eigenvalue weighted by Crippen LogP contribution is -2.27. The van der Waals surface area contributed by atoms with Crippen LogP contribution in [0, 0.1) is 5.92 Å². The highest BCUT2D eigenvalue weighted by molar-refractivity contribution is 6.30. The first kappa shape index (κ1) is 19.1. The highest BCUT2D eigenvalue weighted by Gasteiger charge is 2.13. The van der Waals surface area contributed by atoms with Crippen molar-refractivity contribution in [1.82, 2.24) is 5.32 Å². The predicted octanol–water partition coefficient (Wildman–Crippen LogP) is 5.25. The molecule has 1 aliphatic rings. The molecule has 0 spiro atoms. The van der Waals surface area contributed by atoms with E-state index in [-0.39, 0.29) is 0 Å². The van der Waals surface area contributed by atoms with Crippen molar-refractivity contribution in [3.8, 4) is 11.5 Å². The second-order valence-electron chi connectivity index (χ2n) is 6.99. The molecule has 3 nitrogen and oxygen atoms in total. The van der Waals surface area contributed by atoms with Crippen molar-refractivity contribution in [1.29, 1.82) is 0 Å². The normalized spacial score (nSPS) is 15.0. The molecular formula is C22H28ClNO2. The molecule has 1 heterocycles. The first-order valence-electron chi connectivity index (χ1n) is 9.49. The van der Waals surface area contributed by atoms with Crippen LogP contribution in [0.15, 0.2) is 42.5 Å². The van der Waals surface area contributed by atoms with Crippen LogP contribution in [0.5, 0.6) is 11.5 Å². The van der Waals surface area contributed by atoms with Gasteiger partial charge in [0.05, 0.1) is 7.11 Å². The largest absolute Gasteiger partial charge is 0.493 e. The minimum absolute atomic E-state index is 0.478. The molecule has 0 radical (unpaired) electrons. The Hall–Kier alpha value is -1.71. The third kappa shape index (κ3) is 5.65. The lowest BCUT2D eigenvalue weighted by Gasteiger charge is -2.22. The van der Waals surface area contributed by atoms with Gasteiger partial charge in [-0.3, -0.25) is 0 Å². The highest BCUT2D eigenvalue weighted by atomic mass is 35.5. The Bertz CT molecular complexity index is 698. The number of piperidine rings is 1. The minimum Gasteiger partial charge on any atom is -0.493 e. The molecule has 0 saturated carbocycles. The van der Waals surface area contributed by atoms with Gasteiger partial charge in [0.1, 0.15) is 6.61 Å². The van der Waals surface area contributed by atoms with Crippen LogP contribution in [-0.2, 0) is 13.0 Å². The Morgan fingerprint density at radius 3 is 2.65 bits per heavy atom. The third-order valence-electron chi connectivity index (χ3n) is 5.05. The van der Waals surface area contributed by atoms with Gasteiger partial charge < -0.3 is 14.8 Å². The predicted molar refractivity (Wildman–Crippen MR) is 107 cm³/mol. The van der Waals surface area contributed by atoms with Gasteiger partial charge in [-0.1, -0.05) is 36.2 Å². The molecule has 1 aliphatic heterocycles. The second-order valence-corrected chi connectivity index (χ2v) is 7.43. The van der Waals surface area contributed by atoms with Crippen molar-refractivity contribution < 1.29 is 9.47 Å². The zero-order valence-electron chi connectivity index (χ0n) is 15.5. The Labute approximate surface area is 161 Å².